The lowest BCUT2D eigenvalue weighted by Gasteiger charge is -2.33. The Morgan fingerprint density at radius 3 is 2.42 bits per heavy atom. The van der Waals surface area contributed by atoms with Crippen LogP contribution in [0.15, 0.2) is 30.3 Å². The Hall–Kier alpha value is -0.860. The van der Waals surface area contributed by atoms with Crippen molar-refractivity contribution in [3.63, 3.8) is 0 Å². The summed E-state index contributed by atoms with van der Waals surface area (Å²) in [6.45, 7) is 4.26. The Labute approximate surface area is 118 Å². The number of likely N-dealkylation sites (N-methyl/N-ethyl adjacent to an activating group) is 1. The molecule has 0 radical (unpaired) electrons. The summed E-state index contributed by atoms with van der Waals surface area (Å²) in [4.78, 5) is 2.42. The minimum Gasteiger partial charge on any atom is -0.321 e. The molecule has 0 saturated heterocycles. The molecule has 2 rings (SSSR count). The van der Waals surface area contributed by atoms with Crippen LogP contribution in [0.3, 0.4) is 0 Å². The summed E-state index contributed by atoms with van der Waals surface area (Å²) in [5.74, 6) is 0.880. The number of hydrogen-bond acceptors (Lipinski definition) is 2. The average molecular weight is 260 g/mol. The molecular weight excluding hydrogens is 232 g/mol. The van der Waals surface area contributed by atoms with E-state index >= 15 is 0 Å². The first kappa shape index (κ1) is 14.5. The van der Waals surface area contributed by atoms with E-state index in [1.54, 1.807) is 0 Å². The molecule has 1 aliphatic rings. The van der Waals surface area contributed by atoms with Crippen molar-refractivity contribution in [3.8, 4) is 0 Å². The molecule has 0 amide bonds. The third-order valence-corrected chi connectivity index (χ3v) is 4.33. The van der Waals surface area contributed by atoms with Crippen molar-refractivity contribution in [2.24, 2.45) is 11.7 Å². The first-order chi connectivity index (χ1) is 9.08. The van der Waals surface area contributed by atoms with Crippen molar-refractivity contribution in [2.45, 2.75) is 44.6 Å². The first-order valence-corrected chi connectivity index (χ1v) is 7.61. The number of hydrogen-bond donors (Lipinski definition) is 1. The summed E-state index contributed by atoms with van der Waals surface area (Å²) in [6, 6.07) is 10.5. The van der Waals surface area contributed by atoms with Gasteiger partial charge in [0.05, 0.1) is 5.54 Å². The summed E-state index contributed by atoms with van der Waals surface area (Å²) >= 11 is 0. The molecule has 0 bridgehead atoms. The van der Waals surface area contributed by atoms with Gasteiger partial charge in [0.15, 0.2) is 0 Å². The highest BCUT2D eigenvalue weighted by atomic mass is 15.1. The van der Waals surface area contributed by atoms with Gasteiger partial charge in [0, 0.05) is 13.1 Å². The summed E-state index contributed by atoms with van der Waals surface area (Å²) in [6.07, 6.45) is 7.06. The minimum absolute atomic E-state index is 0.259. The van der Waals surface area contributed by atoms with Crippen LogP contribution in [0.4, 0.5) is 0 Å². The molecule has 1 fully saturated rings. The smallest absolute Gasteiger partial charge is 0.0509 e. The number of rotatable bonds is 5. The van der Waals surface area contributed by atoms with E-state index in [1.807, 2.05) is 6.07 Å². The minimum atomic E-state index is -0.259. The zero-order valence-electron chi connectivity index (χ0n) is 12.4. The molecule has 1 aliphatic carbocycles. The van der Waals surface area contributed by atoms with Gasteiger partial charge in [-0.2, -0.15) is 0 Å². The third-order valence-electron chi connectivity index (χ3n) is 4.33. The van der Waals surface area contributed by atoms with Gasteiger partial charge in [-0.15, -0.1) is 0 Å². The van der Waals surface area contributed by atoms with Crippen molar-refractivity contribution >= 4 is 0 Å². The fourth-order valence-electron chi connectivity index (χ4n) is 3.35. The molecule has 2 N–H and O–H groups in total. The molecule has 106 valence electrons. The molecule has 0 heterocycles. The molecule has 1 saturated carbocycles. The molecular formula is C17H28N2. The molecule has 2 heteroatoms. The van der Waals surface area contributed by atoms with E-state index in [4.69, 9.17) is 5.73 Å². The maximum Gasteiger partial charge on any atom is 0.0509 e. The van der Waals surface area contributed by atoms with Crippen LogP contribution in [0.25, 0.3) is 0 Å². The van der Waals surface area contributed by atoms with Crippen LogP contribution in [0, 0.1) is 5.92 Å². The maximum absolute atomic E-state index is 6.50. The zero-order chi connectivity index (χ0) is 13.7. The molecule has 1 unspecified atom stereocenters. The number of nitrogens with two attached hydrogens (primary N) is 1. The van der Waals surface area contributed by atoms with Crippen molar-refractivity contribution in [2.75, 3.05) is 20.1 Å². The Kier molecular flexibility index (Phi) is 5.00. The van der Waals surface area contributed by atoms with Gasteiger partial charge >= 0.3 is 0 Å². The summed E-state index contributed by atoms with van der Waals surface area (Å²) < 4.78 is 0. The highest BCUT2D eigenvalue weighted by molar-refractivity contribution is 5.23. The second kappa shape index (κ2) is 6.53. The quantitative estimate of drug-likeness (QED) is 0.879. The van der Waals surface area contributed by atoms with Gasteiger partial charge < -0.3 is 10.6 Å². The topological polar surface area (TPSA) is 29.3 Å². The molecule has 0 aliphatic heterocycles. The van der Waals surface area contributed by atoms with Gasteiger partial charge in [-0.05, 0) is 38.3 Å². The highest BCUT2D eigenvalue weighted by Gasteiger charge is 2.24. The lowest BCUT2D eigenvalue weighted by atomic mass is 9.88. The van der Waals surface area contributed by atoms with E-state index in [0.29, 0.717) is 0 Å². The predicted molar refractivity (Wildman–Crippen MR) is 82.1 cm³/mol. The van der Waals surface area contributed by atoms with E-state index < -0.39 is 0 Å². The monoisotopic (exact) mass is 260 g/mol. The van der Waals surface area contributed by atoms with Crippen LogP contribution in [-0.4, -0.2) is 25.0 Å². The normalized spacial score (nSPS) is 20.4. The van der Waals surface area contributed by atoms with Gasteiger partial charge in [-0.25, -0.2) is 0 Å². The molecule has 19 heavy (non-hydrogen) atoms. The van der Waals surface area contributed by atoms with Crippen LogP contribution >= 0.6 is 0 Å². The average Bonchev–Trinajstić information content (AvgIpc) is 2.40. The second-order valence-electron chi connectivity index (χ2n) is 6.48. The Bertz CT molecular complexity index is 366. The van der Waals surface area contributed by atoms with E-state index in [9.17, 15) is 0 Å². The molecule has 1 aromatic rings. The van der Waals surface area contributed by atoms with Crippen LogP contribution < -0.4 is 5.73 Å². The van der Waals surface area contributed by atoms with Crippen LogP contribution in [0.2, 0.25) is 0 Å². The maximum atomic E-state index is 6.50. The molecule has 2 nitrogen and oxygen atoms in total. The lowest BCUT2D eigenvalue weighted by molar-refractivity contribution is 0.199. The van der Waals surface area contributed by atoms with E-state index in [2.05, 4.69) is 43.1 Å². The van der Waals surface area contributed by atoms with Crippen LogP contribution in [0.1, 0.15) is 44.6 Å². The SMILES string of the molecule is CN(CC1CCCCC1)CC(C)(N)c1ccccc1. The Balaban J connectivity index is 1.88. The molecule has 0 aromatic heterocycles. The van der Waals surface area contributed by atoms with Crippen molar-refractivity contribution in [3.05, 3.63) is 35.9 Å². The van der Waals surface area contributed by atoms with E-state index in [0.717, 1.165) is 12.5 Å². The summed E-state index contributed by atoms with van der Waals surface area (Å²) in [5.41, 5.74) is 7.47. The zero-order valence-corrected chi connectivity index (χ0v) is 12.4. The van der Waals surface area contributed by atoms with Crippen LogP contribution in [0.5, 0.6) is 0 Å². The van der Waals surface area contributed by atoms with Gasteiger partial charge in [-0.3, -0.25) is 0 Å². The lowest BCUT2D eigenvalue weighted by Crippen LogP contribution is -2.45. The highest BCUT2D eigenvalue weighted by Crippen LogP contribution is 2.25. The van der Waals surface area contributed by atoms with Gasteiger partial charge in [-0.1, -0.05) is 49.6 Å². The van der Waals surface area contributed by atoms with Gasteiger partial charge in [0.1, 0.15) is 0 Å². The van der Waals surface area contributed by atoms with Crippen molar-refractivity contribution in [1.29, 1.82) is 0 Å². The summed E-state index contributed by atoms with van der Waals surface area (Å²) in [5, 5.41) is 0. The Morgan fingerprint density at radius 1 is 1.16 bits per heavy atom. The van der Waals surface area contributed by atoms with E-state index in [1.165, 1.54) is 44.2 Å². The second-order valence-corrected chi connectivity index (χ2v) is 6.48. The fourth-order valence-corrected chi connectivity index (χ4v) is 3.35. The van der Waals surface area contributed by atoms with Crippen molar-refractivity contribution in [1.82, 2.24) is 4.90 Å². The largest absolute Gasteiger partial charge is 0.321 e. The molecule has 1 aromatic carbocycles. The number of benzene rings is 1. The fraction of sp³-hybridized carbons (Fsp3) is 0.647. The number of nitrogens with zero attached hydrogens (tertiary/aromatic N) is 1. The molecule has 0 spiro atoms. The standard InChI is InChI=1S/C17H28N2/c1-17(18,16-11-7-4-8-12-16)14-19(2)13-15-9-5-3-6-10-15/h4,7-8,11-12,15H,3,5-6,9-10,13-14,18H2,1-2H3. The third kappa shape index (κ3) is 4.32. The summed E-state index contributed by atoms with van der Waals surface area (Å²) in [7, 11) is 2.21. The Morgan fingerprint density at radius 2 is 1.79 bits per heavy atom. The molecule has 1 atom stereocenters. The van der Waals surface area contributed by atoms with Gasteiger partial charge in [0.25, 0.3) is 0 Å². The van der Waals surface area contributed by atoms with Crippen molar-refractivity contribution < 1.29 is 0 Å². The van der Waals surface area contributed by atoms with Gasteiger partial charge in [0.2, 0.25) is 0 Å². The van der Waals surface area contributed by atoms with Crippen LogP contribution in [-0.2, 0) is 5.54 Å². The first-order valence-electron chi connectivity index (χ1n) is 7.61. The predicted octanol–water partition coefficient (Wildman–Crippen LogP) is 3.37. The van der Waals surface area contributed by atoms with E-state index in [-0.39, 0.29) is 5.54 Å².